The lowest BCUT2D eigenvalue weighted by molar-refractivity contribution is -0.167. The van der Waals surface area contributed by atoms with Crippen LogP contribution >= 0.6 is 0 Å². The van der Waals surface area contributed by atoms with Crippen LogP contribution in [0, 0.1) is 0 Å². The minimum Gasteiger partial charge on any atom is -0.462 e. The van der Waals surface area contributed by atoms with E-state index in [-0.39, 0.29) is 31.1 Å². The number of hydrogen-bond acceptors (Lipinski definition) is 6. The Morgan fingerprint density at radius 1 is 0.273 bits per heavy atom. The Labute approximate surface area is 475 Å². The summed E-state index contributed by atoms with van der Waals surface area (Å²) in [6.07, 6.45) is 89.1. The molecule has 0 amide bonds. The molecule has 0 aliphatic rings. The van der Waals surface area contributed by atoms with E-state index in [0.717, 1.165) is 141 Å². The number of rotatable bonds is 57. The maximum Gasteiger partial charge on any atom is 0.306 e. The summed E-state index contributed by atoms with van der Waals surface area (Å²) in [5.41, 5.74) is 0. The highest BCUT2D eigenvalue weighted by molar-refractivity contribution is 5.71. The fourth-order valence-corrected chi connectivity index (χ4v) is 8.69. The lowest BCUT2D eigenvalue weighted by Crippen LogP contribution is -2.30. The molecule has 438 valence electrons. The second-order valence-electron chi connectivity index (χ2n) is 20.9. The van der Waals surface area contributed by atoms with E-state index in [1.54, 1.807) is 0 Å². The molecule has 0 aliphatic heterocycles. The van der Waals surface area contributed by atoms with Gasteiger partial charge in [0.2, 0.25) is 0 Å². The van der Waals surface area contributed by atoms with Gasteiger partial charge in [-0.3, -0.25) is 14.4 Å². The van der Waals surface area contributed by atoms with E-state index in [9.17, 15) is 14.4 Å². The highest BCUT2D eigenvalue weighted by atomic mass is 16.6. The van der Waals surface area contributed by atoms with Crippen LogP contribution in [-0.2, 0) is 28.6 Å². The topological polar surface area (TPSA) is 78.9 Å². The van der Waals surface area contributed by atoms with Gasteiger partial charge in [-0.2, -0.15) is 0 Å². The van der Waals surface area contributed by atoms with Crippen LogP contribution < -0.4 is 0 Å². The van der Waals surface area contributed by atoms with Crippen molar-refractivity contribution < 1.29 is 28.6 Å². The molecule has 0 bridgehead atoms. The number of ether oxygens (including phenoxy) is 3. The van der Waals surface area contributed by atoms with E-state index in [0.29, 0.717) is 19.3 Å². The van der Waals surface area contributed by atoms with E-state index >= 15 is 0 Å². The van der Waals surface area contributed by atoms with Crippen LogP contribution in [0.15, 0.2) is 122 Å². The predicted molar refractivity (Wildman–Crippen MR) is 334 cm³/mol. The van der Waals surface area contributed by atoms with Crippen molar-refractivity contribution in [2.45, 2.75) is 297 Å². The maximum absolute atomic E-state index is 12.9. The zero-order chi connectivity index (χ0) is 55.7. The lowest BCUT2D eigenvalue weighted by Gasteiger charge is -2.18. The normalized spacial score (nSPS) is 12.9. The molecular weight excluding hydrogens is 949 g/mol. The van der Waals surface area contributed by atoms with Crippen molar-refractivity contribution in [3.63, 3.8) is 0 Å². The van der Waals surface area contributed by atoms with Gasteiger partial charge < -0.3 is 14.2 Å². The summed E-state index contributed by atoms with van der Waals surface area (Å²) in [7, 11) is 0. The fourth-order valence-electron chi connectivity index (χ4n) is 8.69. The quantitative estimate of drug-likeness (QED) is 0.0261. The van der Waals surface area contributed by atoms with Crippen molar-refractivity contribution in [2.75, 3.05) is 13.2 Å². The third-order valence-corrected chi connectivity index (χ3v) is 13.4. The zero-order valence-electron chi connectivity index (χ0n) is 50.2. The standard InChI is InChI=1S/C71H118O6/c1-4-7-10-13-16-19-22-25-28-31-33-35-37-40-43-46-49-52-55-58-61-64-70(73)76-67-68(66-75-69(72)63-60-57-54-51-48-45-42-39-30-27-24-21-18-15-12-9-6-3)77-71(74)65-62-59-56-53-50-47-44-41-38-36-34-32-29-26-23-20-17-14-11-8-5-2/h7,9-10,12,16,18-19,21,23,25-28,30,32-35,40,43,68H,4-6,8,11,13-15,17,20,22,24,29,31,36-39,41-42,44-67H2,1-3H3/b10-7-,12-9-,19-16-,21-18-,26-23-,28-25-,30-27-,34-32-,35-33-,43-40-. The highest BCUT2D eigenvalue weighted by Crippen LogP contribution is 2.15. The Hall–Kier alpha value is -4.19. The van der Waals surface area contributed by atoms with Gasteiger partial charge in [0.25, 0.3) is 0 Å². The molecule has 1 unspecified atom stereocenters. The highest BCUT2D eigenvalue weighted by Gasteiger charge is 2.19. The number of carbonyl (C=O) groups excluding carboxylic acids is 3. The molecule has 0 saturated heterocycles. The maximum atomic E-state index is 12.9. The smallest absolute Gasteiger partial charge is 0.306 e. The number of allylic oxidation sites excluding steroid dienone is 20. The minimum atomic E-state index is -0.798. The second kappa shape index (κ2) is 64.3. The van der Waals surface area contributed by atoms with Crippen LogP contribution in [0.5, 0.6) is 0 Å². The van der Waals surface area contributed by atoms with E-state index in [1.165, 1.54) is 109 Å². The Morgan fingerprint density at radius 3 is 0.792 bits per heavy atom. The first-order valence-electron chi connectivity index (χ1n) is 32.0. The van der Waals surface area contributed by atoms with E-state index in [2.05, 4.69) is 142 Å². The summed E-state index contributed by atoms with van der Waals surface area (Å²) >= 11 is 0. The van der Waals surface area contributed by atoms with Gasteiger partial charge in [-0.25, -0.2) is 0 Å². The van der Waals surface area contributed by atoms with Crippen LogP contribution in [0.2, 0.25) is 0 Å². The van der Waals surface area contributed by atoms with Gasteiger partial charge in [-0.05, 0) is 128 Å². The van der Waals surface area contributed by atoms with Crippen molar-refractivity contribution in [2.24, 2.45) is 0 Å². The Balaban J connectivity index is 4.45. The number of carbonyl (C=O) groups is 3. The molecule has 0 saturated carbocycles. The summed E-state index contributed by atoms with van der Waals surface area (Å²) in [6.45, 7) is 6.40. The Bertz CT molecular complexity index is 1600. The molecule has 0 spiro atoms. The average Bonchev–Trinajstić information content (AvgIpc) is 3.43. The minimum absolute atomic E-state index is 0.0935. The van der Waals surface area contributed by atoms with Crippen molar-refractivity contribution >= 4 is 17.9 Å². The molecule has 77 heavy (non-hydrogen) atoms. The molecule has 0 aromatic rings. The largest absolute Gasteiger partial charge is 0.462 e. The van der Waals surface area contributed by atoms with Crippen LogP contribution in [0.3, 0.4) is 0 Å². The van der Waals surface area contributed by atoms with E-state index in [4.69, 9.17) is 14.2 Å². The van der Waals surface area contributed by atoms with Gasteiger partial charge >= 0.3 is 17.9 Å². The fraction of sp³-hybridized carbons (Fsp3) is 0.676. The first-order chi connectivity index (χ1) is 38.0. The van der Waals surface area contributed by atoms with Crippen molar-refractivity contribution in [3.05, 3.63) is 122 Å². The van der Waals surface area contributed by atoms with Gasteiger partial charge in [0, 0.05) is 19.3 Å². The van der Waals surface area contributed by atoms with Crippen LogP contribution in [0.4, 0.5) is 0 Å². The first-order valence-corrected chi connectivity index (χ1v) is 32.0. The zero-order valence-corrected chi connectivity index (χ0v) is 50.2. The molecule has 6 nitrogen and oxygen atoms in total. The molecular formula is C71H118O6. The molecule has 0 N–H and O–H groups in total. The average molecular weight is 1070 g/mol. The number of esters is 3. The summed E-state index contributed by atoms with van der Waals surface area (Å²) < 4.78 is 16.9. The van der Waals surface area contributed by atoms with Crippen LogP contribution in [-0.4, -0.2) is 37.2 Å². The van der Waals surface area contributed by atoms with Gasteiger partial charge in [-0.1, -0.05) is 264 Å². The van der Waals surface area contributed by atoms with Gasteiger partial charge in [0.05, 0.1) is 0 Å². The molecule has 0 rings (SSSR count). The summed E-state index contributed by atoms with van der Waals surface area (Å²) in [5, 5.41) is 0. The second-order valence-corrected chi connectivity index (χ2v) is 20.9. The molecule has 0 aliphatic carbocycles. The van der Waals surface area contributed by atoms with Crippen molar-refractivity contribution in [1.82, 2.24) is 0 Å². The molecule has 1 atom stereocenters. The van der Waals surface area contributed by atoms with Gasteiger partial charge in [0.1, 0.15) is 13.2 Å². The molecule has 0 fully saturated rings. The van der Waals surface area contributed by atoms with Crippen molar-refractivity contribution in [1.29, 1.82) is 0 Å². The molecule has 0 heterocycles. The van der Waals surface area contributed by atoms with E-state index in [1.807, 2.05) is 0 Å². The molecule has 0 aromatic heterocycles. The van der Waals surface area contributed by atoms with E-state index < -0.39 is 6.10 Å². The predicted octanol–water partition coefficient (Wildman–Crippen LogP) is 22.0. The van der Waals surface area contributed by atoms with Crippen LogP contribution in [0.25, 0.3) is 0 Å². The first kappa shape index (κ1) is 72.8. The number of unbranched alkanes of at least 4 members (excludes halogenated alkanes) is 26. The Kier molecular flexibility index (Phi) is 60.8. The third-order valence-electron chi connectivity index (χ3n) is 13.4. The summed E-state index contributed by atoms with van der Waals surface area (Å²) in [6, 6.07) is 0. The van der Waals surface area contributed by atoms with Crippen molar-refractivity contribution in [3.8, 4) is 0 Å². The van der Waals surface area contributed by atoms with Gasteiger partial charge in [-0.15, -0.1) is 0 Å². The molecule has 0 radical (unpaired) electrons. The molecule has 6 heteroatoms. The monoisotopic (exact) mass is 1070 g/mol. The summed E-state index contributed by atoms with van der Waals surface area (Å²) in [5.74, 6) is -0.921. The third kappa shape index (κ3) is 62.5. The Morgan fingerprint density at radius 2 is 0.506 bits per heavy atom. The number of hydrogen-bond donors (Lipinski definition) is 0. The molecule has 0 aromatic carbocycles. The van der Waals surface area contributed by atoms with Crippen LogP contribution in [0.1, 0.15) is 290 Å². The lowest BCUT2D eigenvalue weighted by atomic mass is 10.1. The SMILES string of the molecule is CC/C=C\C/C=C\C/C=C\C/C=C\C/C=C\CCCCCCCC(=O)OCC(COC(=O)CCCCCCCCC/C=C\C/C=C\C/C=C\CC)OC(=O)CCCCCCCCCCC/C=C\C/C=C\CCCCCCC. The van der Waals surface area contributed by atoms with Gasteiger partial charge in [0.15, 0.2) is 6.10 Å². The summed E-state index contributed by atoms with van der Waals surface area (Å²) in [4.78, 5) is 38.4.